The van der Waals surface area contributed by atoms with Crippen LogP contribution in [0.2, 0.25) is 10.0 Å². The zero-order valence-electron chi connectivity index (χ0n) is 26.0. The van der Waals surface area contributed by atoms with E-state index in [1.807, 2.05) is 24.3 Å². The predicted octanol–water partition coefficient (Wildman–Crippen LogP) is 4.12. The maximum absolute atomic E-state index is 14.5. The van der Waals surface area contributed by atoms with Gasteiger partial charge >= 0.3 is 0 Å². The van der Waals surface area contributed by atoms with Crippen LogP contribution >= 0.6 is 23.2 Å². The van der Waals surface area contributed by atoms with Crippen LogP contribution in [-0.2, 0) is 26.8 Å². The lowest BCUT2D eigenvalue weighted by atomic mass is 9.91. The minimum absolute atomic E-state index is 0.100. The van der Waals surface area contributed by atoms with E-state index < -0.39 is 39.3 Å². The first kappa shape index (κ1) is 33.5. The van der Waals surface area contributed by atoms with E-state index in [-0.39, 0.29) is 30.5 Å². The number of nitrogens with one attached hydrogen (secondary N) is 1. The minimum atomic E-state index is -4.30. The molecule has 3 N–H and O–H groups in total. The third kappa shape index (κ3) is 6.17. The van der Waals surface area contributed by atoms with Crippen LogP contribution < -0.4 is 10.2 Å². The van der Waals surface area contributed by atoms with Crippen molar-refractivity contribution in [3.8, 4) is 11.1 Å². The van der Waals surface area contributed by atoms with Gasteiger partial charge in [0.15, 0.2) is 5.03 Å². The maximum Gasteiger partial charge on any atom is 0.260 e. The number of anilines is 2. The maximum atomic E-state index is 14.5. The summed E-state index contributed by atoms with van der Waals surface area (Å²) in [5, 5.41) is 24.2. The fourth-order valence-corrected chi connectivity index (χ4v) is 8.72. The van der Waals surface area contributed by atoms with Gasteiger partial charge in [0.1, 0.15) is 18.1 Å². The number of hydrogen-bond donors (Lipinski definition) is 3. The molecule has 0 saturated carbocycles. The van der Waals surface area contributed by atoms with Gasteiger partial charge in [0.25, 0.3) is 15.9 Å². The van der Waals surface area contributed by atoms with Gasteiger partial charge in [-0.2, -0.15) is 4.31 Å². The van der Waals surface area contributed by atoms with Gasteiger partial charge in [0, 0.05) is 46.5 Å². The van der Waals surface area contributed by atoms with Crippen LogP contribution in [0.5, 0.6) is 0 Å². The predicted molar refractivity (Wildman–Crippen MR) is 178 cm³/mol. The standard InChI is InChI=1S/C32H35Cl2N7O5S/c1-31(2,18-42)38-28(43)26-5-4-10-39(26)47(45,46)27-17-37-30-40(25-12-23(33)11-24(34)13-25)29(44)32(3,41(27)30)14-20-6-8-21(9-7-20)22-15-35-19-36-16-22/h6-9,11-13,15-17,19,26,28,38,42-43H,4-5,10,14,18H2,1-3H3/t26-,28?,32+/m0/s1. The molecule has 1 saturated heterocycles. The average molecular weight is 701 g/mol. The first-order chi connectivity index (χ1) is 22.2. The van der Waals surface area contributed by atoms with Crippen molar-refractivity contribution in [1.29, 1.82) is 0 Å². The van der Waals surface area contributed by atoms with Crippen molar-refractivity contribution in [2.24, 2.45) is 0 Å². The Balaban J connectivity index is 1.43. The second-order valence-corrected chi connectivity index (χ2v) is 15.4. The van der Waals surface area contributed by atoms with E-state index in [1.54, 1.807) is 51.4 Å². The van der Waals surface area contributed by atoms with Gasteiger partial charge in [0.05, 0.1) is 24.5 Å². The summed E-state index contributed by atoms with van der Waals surface area (Å²) in [6.45, 7) is 5.01. The Morgan fingerprint density at radius 2 is 1.72 bits per heavy atom. The normalized spacial score (nSPS) is 21.0. The summed E-state index contributed by atoms with van der Waals surface area (Å²) >= 11 is 12.7. The molecular formula is C32H35Cl2N7O5S. The molecule has 2 aliphatic rings. The van der Waals surface area contributed by atoms with E-state index in [2.05, 4.69) is 20.3 Å². The molecule has 4 aromatic rings. The highest BCUT2D eigenvalue weighted by Crippen LogP contribution is 2.45. The fourth-order valence-electron chi connectivity index (χ4n) is 6.32. The fraction of sp³-hybridized carbons (Fsp3) is 0.375. The second-order valence-electron chi connectivity index (χ2n) is 12.7. The van der Waals surface area contributed by atoms with Crippen molar-refractivity contribution in [3.63, 3.8) is 0 Å². The number of carbonyl (C=O) groups is 1. The number of aliphatic hydroxyl groups is 2. The SMILES string of the molecule is CC(C)(CO)NC(O)[C@@H]1CCCN1S(=O)(=O)c1cnc2n1[C@](C)(Cc1ccc(-c3cncnc3)cc1)C(=O)N2c1cc(Cl)cc(Cl)c1. The number of benzene rings is 2. The zero-order chi connectivity index (χ0) is 33.7. The van der Waals surface area contributed by atoms with Gasteiger partial charge < -0.3 is 10.2 Å². The molecule has 248 valence electrons. The van der Waals surface area contributed by atoms with E-state index >= 15 is 0 Å². The number of halogens is 2. The number of aromatic nitrogens is 4. The number of rotatable bonds is 10. The van der Waals surface area contributed by atoms with Crippen LogP contribution in [0.4, 0.5) is 11.6 Å². The average Bonchev–Trinajstić information content (AvgIpc) is 3.75. The highest BCUT2D eigenvalue weighted by atomic mass is 35.5. The van der Waals surface area contributed by atoms with Crippen molar-refractivity contribution in [1.82, 2.24) is 29.1 Å². The molecule has 2 aliphatic heterocycles. The van der Waals surface area contributed by atoms with Crippen LogP contribution in [0, 0.1) is 0 Å². The number of aliphatic hydroxyl groups excluding tert-OH is 2. The summed E-state index contributed by atoms with van der Waals surface area (Å²) in [4.78, 5) is 28.5. The second kappa shape index (κ2) is 12.5. The molecule has 15 heteroatoms. The number of carbonyl (C=O) groups excluding carboxylic acids is 1. The van der Waals surface area contributed by atoms with E-state index in [0.717, 1.165) is 16.7 Å². The number of nitrogens with zero attached hydrogens (tertiary/aromatic N) is 6. The summed E-state index contributed by atoms with van der Waals surface area (Å²) in [5.74, 6) is -0.316. The lowest BCUT2D eigenvalue weighted by Crippen LogP contribution is -2.56. The molecule has 1 amide bonds. The minimum Gasteiger partial charge on any atom is -0.394 e. The molecular weight excluding hydrogens is 665 g/mol. The van der Waals surface area contributed by atoms with Gasteiger partial charge in [-0.15, -0.1) is 0 Å². The quantitative estimate of drug-likeness (QED) is 0.208. The third-order valence-corrected chi connectivity index (χ3v) is 11.0. The van der Waals surface area contributed by atoms with Crippen molar-refractivity contribution < 1.29 is 23.4 Å². The van der Waals surface area contributed by atoms with E-state index in [4.69, 9.17) is 23.2 Å². The Kier molecular flexibility index (Phi) is 8.94. The molecule has 0 bridgehead atoms. The van der Waals surface area contributed by atoms with Crippen LogP contribution in [0.3, 0.4) is 0 Å². The van der Waals surface area contributed by atoms with Gasteiger partial charge in [-0.1, -0.05) is 47.5 Å². The molecule has 1 fully saturated rings. The van der Waals surface area contributed by atoms with Gasteiger partial charge in [-0.05, 0) is 62.9 Å². The third-order valence-electron chi connectivity index (χ3n) is 8.69. The number of amides is 1. The van der Waals surface area contributed by atoms with Gasteiger partial charge in [-0.3, -0.25) is 14.7 Å². The Morgan fingerprint density at radius 3 is 2.36 bits per heavy atom. The summed E-state index contributed by atoms with van der Waals surface area (Å²) in [6.07, 6.45) is 5.91. The summed E-state index contributed by atoms with van der Waals surface area (Å²) in [5.41, 5.74) is 0.552. The van der Waals surface area contributed by atoms with Gasteiger partial charge in [-0.25, -0.2) is 28.3 Å². The molecule has 0 radical (unpaired) electrons. The number of fused-ring (bicyclic) bond motifs is 1. The molecule has 0 spiro atoms. The van der Waals surface area contributed by atoms with Crippen molar-refractivity contribution >= 4 is 50.8 Å². The molecule has 2 aromatic carbocycles. The highest BCUT2D eigenvalue weighted by molar-refractivity contribution is 7.89. The highest BCUT2D eigenvalue weighted by Gasteiger charge is 2.53. The van der Waals surface area contributed by atoms with Crippen LogP contribution in [0.25, 0.3) is 11.1 Å². The lowest BCUT2D eigenvalue weighted by Gasteiger charge is -2.34. The topological polar surface area (TPSA) is 154 Å². The van der Waals surface area contributed by atoms with E-state index in [9.17, 15) is 23.4 Å². The molecule has 6 rings (SSSR count). The molecule has 3 atom stereocenters. The Hall–Kier alpha value is -3.43. The number of sulfonamides is 1. The Bertz CT molecular complexity index is 1890. The zero-order valence-corrected chi connectivity index (χ0v) is 28.3. The van der Waals surface area contributed by atoms with Gasteiger partial charge in [0.2, 0.25) is 5.95 Å². The number of imidazole rings is 1. The lowest BCUT2D eigenvalue weighted by molar-refractivity contribution is -0.124. The van der Waals surface area contributed by atoms with E-state index in [0.29, 0.717) is 28.6 Å². The van der Waals surface area contributed by atoms with E-state index in [1.165, 1.54) is 26.3 Å². The first-order valence-electron chi connectivity index (χ1n) is 15.1. The largest absolute Gasteiger partial charge is 0.394 e. The van der Waals surface area contributed by atoms with Crippen molar-refractivity contribution in [2.75, 3.05) is 18.1 Å². The number of hydrogen-bond acceptors (Lipinski definition) is 9. The smallest absolute Gasteiger partial charge is 0.260 e. The molecule has 4 heterocycles. The summed E-state index contributed by atoms with van der Waals surface area (Å²) in [7, 11) is -4.30. The molecule has 47 heavy (non-hydrogen) atoms. The van der Waals surface area contributed by atoms with Crippen LogP contribution in [-0.4, -0.2) is 79.3 Å². The van der Waals surface area contributed by atoms with Crippen molar-refractivity contribution in [3.05, 3.63) is 83.0 Å². The van der Waals surface area contributed by atoms with Crippen molar-refractivity contribution in [2.45, 2.75) is 68.4 Å². The molecule has 12 nitrogen and oxygen atoms in total. The summed E-state index contributed by atoms with van der Waals surface area (Å²) in [6, 6.07) is 11.4. The first-order valence-corrected chi connectivity index (χ1v) is 17.3. The summed E-state index contributed by atoms with van der Waals surface area (Å²) < 4.78 is 31.7. The van der Waals surface area contributed by atoms with Crippen LogP contribution in [0.15, 0.2) is 72.4 Å². The van der Waals surface area contributed by atoms with Crippen LogP contribution in [0.1, 0.15) is 39.2 Å². The molecule has 0 aliphatic carbocycles. The Labute approximate surface area is 283 Å². The Morgan fingerprint density at radius 1 is 1.06 bits per heavy atom. The monoisotopic (exact) mass is 699 g/mol. The molecule has 2 aromatic heterocycles. The molecule has 1 unspecified atom stereocenters.